The van der Waals surface area contributed by atoms with Crippen LogP contribution < -0.4 is 4.72 Å². The van der Waals surface area contributed by atoms with Gasteiger partial charge in [0, 0.05) is 19.6 Å². The van der Waals surface area contributed by atoms with E-state index in [0.29, 0.717) is 18.8 Å². The Morgan fingerprint density at radius 3 is 2.22 bits per heavy atom. The number of hydrogen-bond acceptors (Lipinski definition) is 5. The molecule has 10 heteroatoms. The van der Waals surface area contributed by atoms with Gasteiger partial charge in [0.2, 0.25) is 20.0 Å². The number of benzene rings is 2. The Balaban J connectivity index is 1.73. The molecule has 0 radical (unpaired) electrons. The minimum Gasteiger partial charge on any atom is -0.379 e. The quantitative estimate of drug-likeness (QED) is 0.770. The summed E-state index contributed by atoms with van der Waals surface area (Å²) in [5.41, 5.74) is 0.477. The largest absolute Gasteiger partial charge is 0.379 e. The highest BCUT2D eigenvalue weighted by molar-refractivity contribution is 7.89. The first-order valence-electron chi connectivity index (χ1n) is 8.21. The van der Waals surface area contributed by atoms with E-state index in [1.54, 1.807) is 6.07 Å². The molecule has 146 valence electrons. The first-order valence-corrected chi connectivity index (χ1v) is 11.1. The highest BCUT2D eigenvalue weighted by atomic mass is 32.2. The van der Waals surface area contributed by atoms with Gasteiger partial charge in [0.05, 0.1) is 23.0 Å². The van der Waals surface area contributed by atoms with Crippen molar-refractivity contribution >= 4 is 20.0 Å². The van der Waals surface area contributed by atoms with Gasteiger partial charge in [-0.25, -0.2) is 25.9 Å². The predicted octanol–water partition coefficient (Wildman–Crippen LogP) is 1.33. The van der Waals surface area contributed by atoms with E-state index in [1.165, 1.54) is 46.8 Å². The number of rotatable bonds is 6. The Morgan fingerprint density at radius 1 is 0.963 bits per heavy atom. The molecule has 0 aliphatic carbocycles. The third kappa shape index (κ3) is 4.71. The fraction of sp³-hybridized carbons (Fsp3) is 0.294. The zero-order valence-corrected chi connectivity index (χ0v) is 16.0. The Kier molecular flexibility index (Phi) is 5.92. The van der Waals surface area contributed by atoms with E-state index in [-0.39, 0.29) is 29.4 Å². The summed E-state index contributed by atoms with van der Waals surface area (Å²) >= 11 is 0. The maximum absolute atomic E-state index is 13.2. The summed E-state index contributed by atoms with van der Waals surface area (Å²) < 4.78 is 71.9. The molecular weight excluding hydrogens is 395 g/mol. The van der Waals surface area contributed by atoms with Crippen molar-refractivity contribution in [2.75, 3.05) is 26.3 Å². The molecule has 0 spiro atoms. The van der Waals surface area contributed by atoms with E-state index >= 15 is 0 Å². The lowest BCUT2D eigenvalue weighted by Crippen LogP contribution is -2.40. The molecule has 0 amide bonds. The molecule has 0 atom stereocenters. The number of nitrogens with zero attached hydrogens (tertiary/aromatic N) is 1. The van der Waals surface area contributed by atoms with E-state index in [9.17, 15) is 21.2 Å². The van der Waals surface area contributed by atoms with E-state index < -0.39 is 25.9 Å². The molecule has 1 N–H and O–H groups in total. The first-order chi connectivity index (χ1) is 12.8. The van der Waals surface area contributed by atoms with Gasteiger partial charge in [-0.2, -0.15) is 4.31 Å². The molecule has 0 unspecified atom stereocenters. The second kappa shape index (κ2) is 8.03. The molecule has 2 aromatic carbocycles. The van der Waals surface area contributed by atoms with Crippen LogP contribution in [0.15, 0.2) is 58.3 Å². The van der Waals surface area contributed by atoms with Crippen LogP contribution in [-0.4, -0.2) is 47.4 Å². The van der Waals surface area contributed by atoms with Gasteiger partial charge in [-0.3, -0.25) is 0 Å². The van der Waals surface area contributed by atoms with Crippen LogP contribution in [0, 0.1) is 5.82 Å². The van der Waals surface area contributed by atoms with Crippen LogP contribution >= 0.6 is 0 Å². The van der Waals surface area contributed by atoms with Gasteiger partial charge in [0.25, 0.3) is 0 Å². The van der Waals surface area contributed by atoms with Gasteiger partial charge in [-0.15, -0.1) is 0 Å². The van der Waals surface area contributed by atoms with Crippen LogP contribution in [0.2, 0.25) is 0 Å². The average Bonchev–Trinajstić information content (AvgIpc) is 2.67. The van der Waals surface area contributed by atoms with E-state index in [1.807, 2.05) is 0 Å². The van der Waals surface area contributed by atoms with Gasteiger partial charge in [0.1, 0.15) is 5.82 Å². The van der Waals surface area contributed by atoms with Crippen molar-refractivity contribution in [3.8, 4) is 0 Å². The number of ether oxygens (including phenoxy) is 1. The molecular formula is C17H19FN2O5S2. The third-order valence-corrected chi connectivity index (χ3v) is 7.43. The van der Waals surface area contributed by atoms with Crippen molar-refractivity contribution in [2.45, 2.75) is 16.3 Å². The summed E-state index contributed by atoms with van der Waals surface area (Å²) in [5, 5.41) is 0. The van der Waals surface area contributed by atoms with Crippen molar-refractivity contribution in [2.24, 2.45) is 0 Å². The smallest absolute Gasteiger partial charge is 0.243 e. The predicted molar refractivity (Wildman–Crippen MR) is 96.4 cm³/mol. The maximum atomic E-state index is 13.2. The number of nitrogens with one attached hydrogen (secondary N) is 1. The van der Waals surface area contributed by atoms with Gasteiger partial charge < -0.3 is 4.74 Å². The van der Waals surface area contributed by atoms with Crippen molar-refractivity contribution in [1.82, 2.24) is 9.03 Å². The Bertz CT molecular complexity index is 1000. The highest BCUT2D eigenvalue weighted by Crippen LogP contribution is 2.19. The van der Waals surface area contributed by atoms with E-state index in [2.05, 4.69) is 4.72 Å². The Hall–Kier alpha value is -1.85. The second-order valence-corrected chi connectivity index (χ2v) is 9.65. The molecule has 7 nitrogen and oxygen atoms in total. The van der Waals surface area contributed by atoms with Crippen LogP contribution in [0.3, 0.4) is 0 Å². The van der Waals surface area contributed by atoms with E-state index in [4.69, 9.17) is 4.74 Å². The molecule has 1 aliphatic heterocycles. The van der Waals surface area contributed by atoms with Crippen molar-refractivity contribution in [3.05, 3.63) is 59.9 Å². The maximum Gasteiger partial charge on any atom is 0.243 e. The Labute approximate surface area is 157 Å². The monoisotopic (exact) mass is 414 g/mol. The number of halogens is 1. The molecule has 1 heterocycles. The minimum atomic E-state index is -3.86. The Morgan fingerprint density at radius 2 is 1.59 bits per heavy atom. The molecule has 0 aromatic heterocycles. The lowest BCUT2D eigenvalue weighted by molar-refractivity contribution is 0.0730. The molecule has 1 fully saturated rings. The van der Waals surface area contributed by atoms with Crippen molar-refractivity contribution in [3.63, 3.8) is 0 Å². The van der Waals surface area contributed by atoms with Gasteiger partial charge in [0.15, 0.2) is 0 Å². The van der Waals surface area contributed by atoms with Crippen molar-refractivity contribution < 1.29 is 26.0 Å². The summed E-state index contributed by atoms with van der Waals surface area (Å²) in [6.07, 6.45) is 0. The van der Waals surface area contributed by atoms with Crippen LogP contribution in [-0.2, 0) is 31.3 Å². The van der Waals surface area contributed by atoms with Crippen molar-refractivity contribution in [1.29, 1.82) is 0 Å². The fourth-order valence-electron chi connectivity index (χ4n) is 2.64. The normalized spacial score (nSPS) is 16.3. The number of sulfonamides is 2. The van der Waals surface area contributed by atoms with Crippen LogP contribution in [0.5, 0.6) is 0 Å². The average molecular weight is 414 g/mol. The summed E-state index contributed by atoms with van der Waals surface area (Å²) in [4.78, 5) is -0.0479. The highest BCUT2D eigenvalue weighted by Gasteiger charge is 2.26. The summed E-state index contributed by atoms with van der Waals surface area (Å²) in [7, 11) is -7.55. The lowest BCUT2D eigenvalue weighted by Gasteiger charge is -2.26. The van der Waals surface area contributed by atoms with Gasteiger partial charge >= 0.3 is 0 Å². The molecule has 27 heavy (non-hydrogen) atoms. The second-order valence-electron chi connectivity index (χ2n) is 5.94. The van der Waals surface area contributed by atoms with Gasteiger partial charge in [-0.05, 0) is 42.0 Å². The van der Waals surface area contributed by atoms with Crippen LogP contribution in [0.1, 0.15) is 5.56 Å². The SMILES string of the molecule is O=S(=O)(NCc1cccc(F)c1)c1ccc(S(=O)(=O)N2CCOCC2)cc1. The standard InChI is InChI=1S/C17H19FN2O5S2/c18-15-3-1-2-14(12-15)13-19-26(21,22)16-4-6-17(7-5-16)27(23,24)20-8-10-25-11-9-20/h1-7,12,19H,8-11,13H2. The number of morpholine rings is 1. The summed E-state index contributed by atoms with van der Waals surface area (Å²) in [5.74, 6) is -0.454. The molecule has 0 bridgehead atoms. The molecule has 1 aliphatic rings. The molecule has 2 aromatic rings. The zero-order chi connectivity index (χ0) is 19.5. The zero-order valence-electron chi connectivity index (χ0n) is 14.3. The van der Waals surface area contributed by atoms with Crippen LogP contribution in [0.25, 0.3) is 0 Å². The molecule has 1 saturated heterocycles. The summed E-state index contributed by atoms with van der Waals surface area (Å²) in [6.45, 7) is 1.11. The third-order valence-electron chi connectivity index (χ3n) is 4.10. The minimum absolute atomic E-state index is 0.0217. The van der Waals surface area contributed by atoms with E-state index in [0.717, 1.165) is 0 Å². The molecule has 0 saturated carbocycles. The summed E-state index contributed by atoms with van der Waals surface area (Å²) in [6, 6.07) is 10.6. The topological polar surface area (TPSA) is 92.8 Å². The van der Waals surface area contributed by atoms with Crippen LogP contribution in [0.4, 0.5) is 4.39 Å². The first kappa shape index (κ1) is 19.9. The van der Waals surface area contributed by atoms with Gasteiger partial charge in [-0.1, -0.05) is 12.1 Å². The number of hydrogen-bond donors (Lipinski definition) is 1. The fourth-order valence-corrected chi connectivity index (χ4v) is 5.06. The molecule has 3 rings (SSSR count). The lowest BCUT2D eigenvalue weighted by atomic mass is 10.2.